The smallest absolute Gasteiger partial charge is 0.216 e. The number of aryl methyl sites for hydroxylation is 1. The van der Waals surface area contributed by atoms with Crippen molar-refractivity contribution in [1.82, 2.24) is 9.97 Å². The Balaban J connectivity index is 2.85. The van der Waals surface area contributed by atoms with Crippen LogP contribution in [0.4, 0.5) is 0 Å². The first-order valence-corrected chi connectivity index (χ1v) is 6.27. The van der Waals surface area contributed by atoms with Crippen LogP contribution in [0, 0.1) is 12.3 Å². The molecule has 1 heterocycles. The van der Waals surface area contributed by atoms with Crippen LogP contribution in [-0.4, -0.2) is 21.9 Å². The van der Waals surface area contributed by atoms with E-state index < -0.39 is 0 Å². The van der Waals surface area contributed by atoms with Gasteiger partial charge < -0.3 is 4.74 Å². The van der Waals surface area contributed by atoms with Gasteiger partial charge in [0.2, 0.25) is 5.88 Å². The fourth-order valence-corrected chi connectivity index (χ4v) is 1.63. The Morgan fingerprint density at radius 1 is 1.38 bits per heavy atom. The van der Waals surface area contributed by atoms with Crippen molar-refractivity contribution >= 4 is 15.9 Å². The van der Waals surface area contributed by atoms with Crippen LogP contribution in [0.15, 0.2) is 6.07 Å². The summed E-state index contributed by atoms with van der Waals surface area (Å²) in [7, 11) is 1.63. The van der Waals surface area contributed by atoms with Gasteiger partial charge in [0.05, 0.1) is 7.11 Å². The molecule has 1 aromatic heterocycles. The zero-order valence-corrected chi connectivity index (χ0v) is 12.1. The average Bonchev–Trinajstić information content (AvgIpc) is 2.15. The van der Waals surface area contributed by atoms with Crippen molar-refractivity contribution in [2.75, 3.05) is 7.11 Å². The molecule has 0 saturated carbocycles. The van der Waals surface area contributed by atoms with Gasteiger partial charge in [0.1, 0.15) is 5.82 Å². The quantitative estimate of drug-likeness (QED) is 0.801. The highest BCUT2D eigenvalue weighted by atomic mass is 79.9. The molecule has 0 spiro atoms. The van der Waals surface area contributed by atoms with Crippen LogP contribution in [0.2, 0.25) is 0 Å². The normalized spacial score (nSPS) is 13.6. The molecular formula is C12H19BrN2O. The topological polar surface area (TPSA) is 35.0 Å². The fourth-order valence-electron chi connectivity index (χ4n) is 1.30. The maximum absolute atomic E-state index is 5.14. The minimum atomic E-state index is 0.214. The number of nitrogens with zero attached hydrogens (tertiary/aromatic N) is 2. The minimum Gasteiger partial charge on any atom is -0.481 e. The number of rotatable bonds is 3. The van der Waals surface area contributed by atoms with Gasteiger partial charge in [0, 0.05) is 23.0 Å². The second-order valence-corrected chi connectivity index (χ2v) is 6.09. The third kappa shape index (κ3) is 3.74. The van der Waals surface area contributed by atoms with Gasteiger partial charge in [-0.2, -0.15) is 4.98 Å². The van der Waals surface area contributed by atoms with Crippen molar-refractivity contribution in [2.45, 2.75) is 38.9 Å². The number of hydrogen-bond acceptors (Lipinski definition) is 3. The first-order valence-electron chi connectivity index (χ1n) is 5.35. The monoisotopic (exact) mass is 286 g/mol. The summed E-state index contributed by atoms with van der Waals surface area (Å²) in [6, 6.07) is 1.90. The Labute approximate surface area is 106 Å². The Bertz CT molecular complexity index is 361. The van der Waals surface area contributed by atoms with Crippen LogP contribution in [0.3, 0.4) is 0 Å². The molecule has 0 aliphatic carbocycles. The lowest BCUT2D eigenvalue weighted by Crippen LogP contribution is -2.23. The van der Waals surface area contributed by atoms with Gasteiger partial charge in [-0.25, -0.2) is 4.98 Å². The fraction of sp³-hybridized carbons (Fsp3) is 0.667. The standard InChI is InChI=1S/C12H19BrN2O/c1-8-14-9(7-11(15-8)16-5)6-10(13)12(2,3)4/h7,10H,6H2,1-5H3. The third-order valence-corrected chi connectivity index (χ3v) is 4.10. The van der Waals surface area contributed by atoms with Gasteiger partial charge in [-0.15, -0.1) is 0 Å². The Morgan fingerprint density at radius 2 is 2.00 bits per heavy atom. The summed E-state index contributed by atoms with van der Waals surface area (Å²) in [6.07, 6.45) is 0.878. The summed E-state index contributed by atoms with van der Waals surface area (Å²) in [4.78, 5) is 8.98. The van der Waals surface area contributed by atoms with Crippen molar-refractivity contribution in [2.24, 2.45) is 5.41 Å². The van der Waals surface area contributed by atoms with E-state index >= 15 is 0 Å². The van der Waals surface area contributed by atoms with Crippen LogP contribution >= 0.6 is 15.9 Å². The van der Waals surface area contributed by atoms with Gasteiger partial charge >= 0.3 is 0 Å². The SMILES string of the molecule is COc1cc(CC(Br)C(C)(C)C)nc(C)n1. The lowest BCUT2D eigenvalue weighted by atomic mass is 9.89. The molecule has 0 radical (unpaired) electrons. The molecule has 1 rings (SSSR count). The van der Waals surface area contributed by atoms with Crippen LogP contribution in [0.25, 0.3) is 0 Å². The number of methoxy groups -OCH3 is 1. The average molecular weight is 287 g/mol. The first kappa shape index (κ1) is 13.4. The van der Waals surface area contributed by atoms with E-state index in [0.717, 1.165) is 17.9 Å². The van der Waals surface area contributed by atoms with E-state index in [9.17, 15) is 0 Å². The number of hydrogen-bond donors (Lipinski definition) is 0. The van der Waals surface area contributed by atoms with Gasteiger partial charge in [-0.3, -0.25) is 0 Å². The molecule has 0 aromatic carbocycles. The molecule has 1 atom stereocenters. The van der Waals surface area contributed by atoms with E-state index in [4.69, 9.17) is 4.74 Å². The van der Waals surface area contributed by atoms with E-state index in [1.807, 2.05) is 13.0 Å². The van der Waals surface area contributed by atoms with Crippen LogP contribution in [-0.2, 0) is 6.42 Å². The van der Waals surface area contributed by atoms with Crippen LogP contribution in [0.5, 0.6) is 5.88 Å². The largest absolute Gasteiger partial charge is 0.481 e. The molecule has 0 bridgehead atoms. The molecule has 1 aromatic rings. The lowest BCUT2D eigenvalue weighted by molar-refractivity contribution is 0.386. The summed E-state index contributed by atoms with van der Waals surface area (Å²) < 4.78 is 5.14. The van der Waals surface area contributed by atoms with E-state index in [0.29, 0.717) is 10.7 Å². The van der Waals surface area contributed by atoms with Gasteiger partial charge in [0.15, 0.2) is 0 Å². The van der Waals surface area contributed by atoms with Gasteiger partial charge in [0.25, 0.3) is 0 Å². The molecule has 3 nitrogen and oxygen atoms in total. The summed E-state index contributed by atoms with van der Waals surface area (Å²) >= 11 is 3.70. The summed E-state index contributed by atoms with van der Waals surface area (Å²) in [5, 5.41) is 0. The van der Waals surface area contributed by atoms with Crippen molar-refractivity contribution < 1.29 is 4.74 Å². The highest BCUT2D eigenvalue weighted by molar-refractivity contribution is 9.09. The molecule has 0 N–H and O–H groups in total. The van der Waals surface area contributed by atoms with Gasteiger partial charge in [-0.1, -0.05) is 36.7 Å². The summed E-state index contributed by atoms with van der Waals surface area (Å²) in [5.74, 6) is 1.39. The van der Waals surface area contributed by atoms with E-state index in [2.05, 4.69) is 46.7 Å². The van der Waals surface area contributed by atoms with Crippen LogP contribution in [0.1, 0.15) is 32.3 Å². The summed E-state index contributed by atoms with van der Waals surface area (Å²) in [6.45, 7) is 8.50. The molecule has 0 fully saturated rings. The van der Waals surface area contributed by atoms with Crippen molar-refractivity contribution in [3.63, 3.8) is 0 Å². The lowest BCUT2D eigenvalue weighted by Gasteiger charge is -2.25. The highest BCUT2D eigenvalue weighted by Crippen LogP contribution is 2.29. The maximum Gasteiger partial charge on any atom is 0.216 e. The van der Waals surface area contributed by atoms with Crippen LogP contribution < -0.4 is 4.74 Å². The van der Waals surface area contributed by atoms with Crippen molar-refractivity contribution in [3.05, 3.63) is 17.6 Å². The zero-order chi connectivity index (χ0) is 12.3. The third-order valence-electron chi connectivity index (χ3n) is 2.40. The molecule has 0 aliphatic rings. The van der Waals surface area contributed by atoms with E-state index in [1.165, 1.54) is 0 Å². The second kappa shape index (κ2) is 5.13. The molecule has 0 amide bonds. The molecule has 4 heteroatoms. The Morgan fingerprint density at radius 3 is 2.50 bits per heavy atom. The number of aromatic nitrogens is 2. The number of halogens is 1. The predicted octanol–water partition coefficient (Wildman–Crippen LogP) is 3.15. The zero-order valence-electron chi connectivity index (χ0n) is 10.5. The Hall–Kier alpha value is -0.640. The molecule has 0 aliphatic heterocycles. The van der Waals surface area contributed by atoms with Crippen molar-refractivity contribution in [3.8, 4) is 5.88 Å². The second-order valence-electron chi connectivity index (χ2n) is 4.99. The predicted molar refractivity (Wildman–Crippen MR) is 69.2 cm³/mol. The molecule has 90 valence electrons. The molecule has 1 unspecified atom stereocenters. The minimum absolute atomic E-state index is 0.214. The molecule has 16 heavy (non-hydrogen) atoms. The van der Waals surface area contributed by atoms with Crippen molar-refractivity contribution in [1.29, 1.82) is 0 Å². The summed E-state index contributed by atoms with van der Waals surface area (Å²) in [5.41, 5.74) is 1.23. The highest BCUT2D eigenvalue weighted by Gasteiger charge is 2.22. The Kier molecular flexibility index (Phi) is 4.30. The molecule has 0 saturated heterocycles. The number of ether oxygens (including phenoxy) is 1. The molecular weight excluding hydrogens is 268 g/mol. The van der Waals surface area contributed by atoms with Gasteiger partial charge in [-0.05, 0) is 12.3 Å². The van der Waals surface area contributed by atoms with E-state index in [1.54, 1.807) is 7.11 Å². The number of alkyl halides is 1. The van der Waals surface area contributed by atoms with E-state index in [-0.39, 0.29) is 5.41 Å². The maximum atomic E-state index is 5.14. The first-order chi connectivity index (χ1) is 7.32.